The summed E-state index contributed by atoms with van der Waals surface area (Å²) in [4.78, 5) is 17.2. The molecule has 1 aromatic heterocycles. The molecule has 0 unspecified atom stereocenters. The van der Waals surface area contributed by atoms with Gasteiger partial charge in [-0.2, -0.15) is 0 Å². The van der Waals surface area contributed by atoms with Gasteiger partial charge in [-0.15, -0.1) is 0 Å². The first-order valence-corrected chi connectivity index (χ1v) is 5.43. The van der Waals surface area contributed by atoms with Crippen LogP contribution in [0.25, 0.3) is 0 Å². The lowest BCUT2D eigenvalue weighted by atomic mass is 10.3. The first-order valence-electron chi connectivity index (χ1n) is 5.43. The highest BCUT2D eigenvalue weighted by Crippen LogP contribution is 2.29. The SMILES string of the molecule is COC(=O)CN(C)Cc1nccc(OC)c1OC. The van der Waals surface area contributed by atoms with Gasteiger partial charge in [0.2, 0.25) is 0 Å². The molecule has 1 rings (SSSR count). The quantitative estimate of drug-likeness (QED) is 0.697. The molecule has 6 heteroatoms. The molecular weight excluding hydrogens is 236 g/mol. The molecule has 100 valence electrons. The fourth-order valence-corrected chi connectivity index (χ4v) is 1.56. The van der Waals surface area contributed by atoms with Crippen molar-refractivity contribution in [3.63, 3.8) is 0 Å². The predicted molar refractivity (Wildman–Crippen MR) is 65.7 cm³/mol. The normalized spacial score (nSPS) is 10.3. The van der Waals surface area contributed by atoms with Crippen molar-refractivity contribution < 1.29 is 19.0 Å². The summed E-state index contributed by atoms with van der Waals surface area (Å²) < 4.78 is 15.1. The number of carbonyl (C=O) groups excluding carboxylic acids is 1. The fourth-order valence-electron chi connectivity index (χ4n) is 1.56. The topological polar surface area (TPSA) is 60.9 Å². The first-order chi connectivity index (χ1) is 8.62. The number of carbonyl (C=O) groups is 1. The summed E-state index contributed by atoms with van der Waals surface area (Å²) in [5.74, 6) is 0.907. The Morgan fingerprint density at radius 1 is 1.33 bits per heavy atom. The van der Waals surface area contributed by atoms with Crippen molar-refractivity contribution in [2.24, 2.45) is 0 Å². The number of pyridine rings is 1. The minimum Gasteiger partial charge on any atom is -0.493 e. The molecule has 1 aromatic rings. The zero-order chi connectivity index (χ0) is 13.5. The highest BCUT2D eigenvalue weighted by atomic mass is 16.5. The zero-order valence-electron chi connectivity index (χ0n) is 11.1. The van der Waals surface area contributed by atoms with Gasteiger partial charge in [0.1, 0.15) is 5.69 Å². The summed E-state index contributed by atoms with van der Waals surface area (Å²) >= 11 is 0. The van der Waals surface area contributed by atoms with E-state index in [0.717, 1.165) is 0 Å². The van der Waals surface area contributed by atoms with Crippen LogP contribution in [0.4, 0.5) is 0 Å². The number of methoxy groups -OCH3 is 3. The van der Waals surface area contributed by atoms with Crippen LogP contribution >= 0.6 is 0 Å². The van der Waals surface area contributed by atoms with Crippen molar-refractivity contribution in [2.45, 2.75) is 6.54 Å². The van der Waals surface area contributed by atoms with Crippen molar-refractivity contribution >= 4 is 5.97 Å². The average molecular weight is 254 g/mol. The van der Waals surface area contributed by atoms with Gasteiger partial charge in [0.25, 0.3) is 0 Å². The Morgan fingerprint density at radius 3 is 2.61 bits per heavy atom. The summed E-state index contributed by atoms with van der Waals surface area (Å²) in [6.07, 6.45) is 1.64. The third-order valence-corrected chi connectivity index (χ3v) is 2.41. The van der Waals surface area contributed by atoms with Crippen LogP contribution in [0.1, 0.15) is 5.69 Å². The molecule has 0 saturated heterocycles. The molecule has 0 N–H and O–H groups in total. The summed E-state index contributed by atoms with van der Waals surface area (Å²) in [6, 6.07) is 1.72. The summed E-state index contributed by atoms with van der Waals surface area (Å²) in [5.41, 5.74) is 0.711. The monoisotopic (exact) mass is 254 g/mol. The van der Waals surface area contributed by atoms with E-state index in [-0.39, 0.29) is 12.5 Å². The van der Waals surface area contributed by atoms with Crippen LogP contribution in [0.15, 0.2) is 12.3 Å². The maximum Gasteiger partial charge on any atom is 0.319 e. The van der Waals surface area contributed by atoms with Gasteiger partial charge in [0.05, 0.1) is 27.9 Å². The largest absolute Gasteiger partial charge is 0.493 e. The number of ether oxygens (including phenoxy) is 3. The smallest absolute Gasteiger partial charge is 0.319 e. The van der Waals surface area contributed by atoms with Gasteiger partial charge in [-0.25, -0.2) is 0 Å². The van der Waals surface area contributed by atoms with Crippen LogP contribution in [0, 0.1) is 0 Å². The van der Waals surface area contributed by atoms with Gasteiger partial charge in [0.15, 0.2) is 11.5 Å². The van der Waals surface area contributed by atoms with Crippen LogP contribution in [0.3, 0.4) is 0 Å². The van der Waals surface area contributed by atoms with Crippen LogP contribution in [-0.4, -0.2) is 50.8 Å². The molecule has 0 atom stereocenters. The molecule has 1 heterocycles. The van der Waals surface area contributed by atoms with E-state index >= 15 is 0 Å². The lowest BCUT2D eigenvalue weighted by Crippen LogP contribution is -2.26. The van der Waals surface area contributed by atoms with E-state index in [4.69, 9.17) is 9.47 Å². The minimum atomic E-state index is -0.292. The number of aromatic nitrogens is 1. The van der Waals surface area contributed by atoms with Crippen molar-refractivity contribution in [2.75, 3.05) is 34.9 Å². The highest BCUT2D eigenvalue weighted by molar-refractivity contribution is 5.71. The van der Waals surface area contributed by atoms with Gasteiger partial charge in [-0.3, -0.25) is 14.7 Å². The van der Waals surface area contributed by atoms with Crippen molar-refractivity contribution in [1.82, 2.24) is 9.88 Å². The summed E-state index contributed by atoms with van der Waals surface area (Å²) in [7, 11) is 6.29. The molecule has 0 saturated carbocycles. The van der Waals surface area contributed by atoms with E-state index < -0.39 is 0 Å². The highest BCUT2D eigenvalue weighted by Gasteiger charge is 2.14. The fraction of sp³-hybridized carbons (Fsp3) is 0.500. The second-order valence-electron chi connectivity index (χ2n) is 3.74. The average Bonchev–Trinajstić information content (AvgIpc) is 2.37. The third kappa shape index (κ3) is 3.59. The lowest BCUT2D eigenvalue weighted by molar-refractivity contribution is -0.141. The van der Waals surface area contributed by atoms with Crippen LogP contribution in [0.2, 0.25) is 0 Å². The van der Waals surface area contributed by atoms with Crippen molar-refractivity contribution in [3.8, 4) is 11.5 Å². The van der Waals surface area contributed by atoms with Gasteiger partial charge >= 0.3 is 5.97 Å². The van der Waals surface area contributed by atoms with Gasteiger partial charge in [-0.1, -0.05) is 0 Å². The standard InChI is InChI=1S/C12H18N2O4/c1-14(8-11(15)17-3)7-9-12(18-4)10(16-2)5-6-13-9/h5-6H,7-8H2,1-4H3. The molecule has 0 spiro atoms. The summed E-state index contributed by atoms with van der Waals surface area (Å²) in [5, 5.41) is 0. The third-order valence-electron chi connectivity index (χ3n) is 2.41. The lowest BCUT2D eigenvalue weighted by Gasteiger charge is -2.17. The van der Waals surface area contributed by atoms with Crippen LogP contribution in [-0.2, 0) is 16.1 Å². The molecule has 0 bridgehead atoms. The summed E-state index contributed by atoms with van der Waals surface area (Å²) in [6.45, 7) is 0.661. The second kappa shape index (κ2) is 6.80. The Kier molecular flexibility index (Phi) is 5.38. The number of hydrogen-bond donors (Lipinski definition) is 0. The van der Waals surface area contributed by atoms with E-state index in [2.05, 4.69) is 9.72 Å². The van der Waals surface area contributed by atoms with Crippen LogP contribution in [0.5, 0.6) is 11.5 Å². The second-order valence-corrected chi connectivity index (χ2v) is 3.74. The molecule has 0 aliphatic carbocycles. The first kappa shape index (κ1) is 14.2. The molecule has 0 aromatic carbocycles. The van der Waals surface area contributed by atoms with Crippen LogP contribution < -0.4 is 9.47 Å². The van der Waals surface area contributed by atoms with E-state index in [1.807, 2.05) is 0 Å². The van der Waals surface area contributed by atoms with E-state index in [1.165, 1.54) is 7.11 Å². The molecule has 0 aliphatic rings. The molecule has 0 aliphatic heterocycles. The Hall–Kier alpha value is -1.82. The van der Waals surface area contributed by atoms with Crippen molar-refractivity contribution in [1.29, 1.82) is 0 Å². The Morgan fingerprint density at radius 2 is 2.06 bits per heavy atom. The minimum absolute atomic E-state index is 0.193. The molecule has 0 amide bonds. The van der Waals surface area contributed by atoms with E-state index in [0.29, 0.717) is 23.7 Å². The molecule has 6 nitrogen and oxygen atoms in total. The Bertz CT molecular complexity index is 409. The Balaban J connectivity index is 2.80. The van der Waals surface area contributed by atoms with Crippen molar-refractivity contribution in [3.05, 3.63) is 18.0 Å². The molecule has 18 heavy (non-hydrogen) atoms. The number of esters is 1. The number of rotatable bonds is 6. The predicted octanol–water partition coefficient (Wildman–Crippen LogP) is 0.704. The van der Waals surface area contributed by atoms with Gasteiger partial charge < -0.3 is 14.2 Å². The van der Waals surface area contributed by atoms with Gasteiger partial charge in [0, 0.05) is 18.8 Å². The molecular formula is C12H18N2O4. The van der Waals surface area contributed by atoms with Gasteiger partial charge in [-0.05, 0) is 7.05 Å². The number of hydrogen-bond acceptors (Lipinski definition) is 6. The zero-order valence-corrected chi connectivity index (χ0v) is 11.1. The number of nitrogens with zero attached hydrogens (tertiary/aromatic N) is 2. The van der Waals surface area contributed by atoms with E-state index in [9.17, 15) is 4.79 Å². The molecule has 0 radical (unpaired) electrons. The number of likely N-dealkylation sites (N-methyl/N-ethyl adjacent to an activating group) is 1. The maximum absolute atomic E-state index is 11.1. The van der Waals surface area contributed by atoms with E-state index in [1.54, 1.807) is 38.4 Å². The Labute approximate surface area is 106 Å². The maximum atomic E-state index is 11.1. The molecule has 0 fully saturated rings.